The van der Waals surface area contributed by atoms with Crippen LogP contribution in [0.3, 0.4) is 0 Å². The molecule has 0 spiro atoms. The maximum atomic E-state index is 12.8. The van der Waals surface area contributed by atoms with Crippen molar-refractivity contribution in [2.75, 3.05) is 0 Å². The van der Waals surface area contributed by atoms with E-state index in [1.807, 2.05) is 13.8 Å². The number of alkyl halides is 3. The normalized spacial score (nSPS) is 11.7. The number of carbonyl (C=O) groups excluding carboxylic acids is 1. The summed E-state index contributed by atoms with van der Waals surface area (Å²) in [5, 5.41) is 0.326. The Balaban J connectivity index is 1.95. The smallest absolute Gasteiger partial charge is 0.299 e. The van der Waals surface area contributed by atoms with Crippen molar-refractivity contribution in [2.45, 2.75) is 32.9 Å². The summed E-state index contributed by atoms with van der Waals surface area (Å²) in [6, 6.07) is 9.37. The highest BCUT2D eigenvalue weighted by atomic mass is 35.5. The lowest BCUT2D eigenvalue weighted by Crippen LogP contribution is -2.15. The third-order valence-corrected chi connectivity index (χ3v) is 5.04. The fourth-order valence-corrected chi connectivity index (χ4v) is 3.12. The minimum absolute atomic E-state index is 0.0241. The molecule has 3 rings (SSSR count). The van der Waals surface area contributed by atoms with Gasteiger partial charge in [-0.2, -0.15) is 18.2 Å². The molecule has 1 aromatic heterocycles. The van der Waals surface area contributed by atoms with Crippen LogP contribution in [-0.2, 0) is 17.4 Å². The lowest BCUT2D eigenvalue weighted by molar-refractivity contribution is -0.137. The molecule has 3 aromatic rings. The standard InChI is InChI=1S/C22H19ClF3N3O2/c1-12(2)18(30)10-4-13-3-9-17(23)16(11-13)20-27-19(28-21(31)29-20)14-5-7-15(8-6-14)22(24,25)26/h3,5-9,11-12H,4,10H2,1-2H3,(H,27,28,29,31). The number of aromatic nitrogens is 3. The summed E-state index contributed by atoms with van der Waals surface area (Å²) in [6.07, 6.45) is -3.60. The van der Waals surface area contributed by atoms with Gasteiger partial charge in [0.25, 0.3) is 0 Å². The average molecular weight is 450 g/mol. The average Bonchev–Trinajstić information content (AvgIpc) is 2.71. The second kappa shape index (κ2) is 9.01. The minimum atomic E-state index is -4.47. The third kappa shape index (κ3) is 5.58. The Morgan fingerprint density at radius 2 is 1.77 bits per heavy atom. The second-order valence-corrected chi connectivity index (χ2v) is 7.74. The largest absolute Gasteiger partial charge is 0.416 e. The number of carbonyl (C=O) groups is 1. The maximum Gasteiger partial charge on any atom is 0.416 e. The molecule has 0 unspecified atom stereocenters. The molecule has 0 atom stereocenters. The maximum absolute atomic E-state index is 12.8. The van der Waals surface area contributed by atoms with Gasteiger partial charge in [-0.1, -0.05) is 43.6 Å². The first kappa shape index (κ1) is 22.7. The molecule has 0 fully saturated rings. The van der Waals surface area contributed by atoms with Crippen molar-refractivity contribution in [1.82, 2.24) is 15.0 Å². The van der Waals surface area contributed by atoms with Crippen molar-refractivity contribution in [2.24, 2.45) is 5.92 Å². The van der Waals surface area contributed by atoms with E-state index in [0.717, 1.165) is 17.7 Å². The highest BCUT2D eigenvalue weighted by Crippen LogP contribution is 2.31. The molecule has 0 bridgehead atoms. The number of benzene rings is 2. The Bertz CT molecular complexity index is 1160. The molecule has 0 radical (unpaired) electrons. The first-order valence-corrected chi connectivity index (χ1v) is 9.90. The van der Waals surface area contributed by atoms with Gasteiger partial charge in [-0.3, -0.25) is 9.78 Å². The van der Waals surface area contributed by atoms with Gasteiger partial charge in [0.15, 0.2) is 5.82 Å². The summed E-state index contributed by atoms with van der Waals surface area (Å²) >= 11 is 6.29. The van der Waals surface area contributed by atoms with Crippen molar-refractivity contribution in [3.05, 3.63) is 69.1 Å². The zero-order valence-electron chi connectivity index (χ0n) is 16.8. The van der Waals surface area contributed by atoms with Crippen LogP contribution in [0.25, 0.3) is 22.8 Å². The quantitative estimate of drug-likeness (QED) is 0.552. The molecule has 162 valence electrons. The van der Waals surface area contributed by atoms with Crippen molar-refractivity contribution in [3.8, 4) is 22.8 Å². The monoisotopic (exact) mass is 449 g/mol. The molecule has 31 heavy (non-hydrogen) atoms. The Kier molecular flexibility index (Phi) is 6.59. The molecule has 0 aliphatic rings. The van der Waals surface area contributed by atoms with Gasteiger partial charge in [-0.05, 0) is 36.2 Å². The van der Waals surface area contributed by atoms with Crippen molar-refractivity contribution in [3.63, 3.8) is 0 Å². The summed E-state index contributed by atoms with van der Waals surface area (Å²) < 4.78 is 38.4. The van der Waals surface area contributed by atoms with Gasteiger partial charge in [0.1, 0.15) is 11.6 Å². The lowest BCUT2D eigenvalue weighted by Gasteiger charge is -2.10. The number of halogens is 4. The van der Waals surface area contributed by atoms with Gasteiger partial charge >= 0.3 is 11.9 Å². The summed E-state index contributed by atoms with van der Waals surface area (Å²) in [4.78, 5) is 34.6. The summed E-state index contributed by atoms with van der Waals surface area (Å²) in [5.41, 5.74) is 0.00674. The fourth-order valence-electron chi connectivity index (χ4n) is 2.91. The Morgan fingerprint density at radius 1 is 1.10 bits per heavy atom. The molecular formula is C22H19ClF3N3O2. The molecule has 9 heteroatoms. The number of hydrogen-bond acceptors (Lipinski definition) is 4. The topological polar surface area (TPSA) is 75.7 Å². The first-order valence-electron chi connectivity index (χ1n) is 9.52. The van der Waals surface area contributed by atoms with Crippen LogP contribution in [0.2, 0.25) is 5.02 Å². The predicted molar refractivity (Wildman–Crippen MR) is 112 cm³/mol. The highest BCUT2D eigenvalue weighted by molar-refractivity contribution is 6.33. The number of Topliss-reactive ketones (excluding diaryl/α,β-unsaturated/α-hetero) is 1. The Hall–Kier alpha value is -3.00. The number of rotatable bonds is 6. The molecule has 5 nitrogen and oxygen atoms in total. The van der Waals surface area contributed by atoms with Crippen LogP contribution in [-0.4, -0.2) is 20.7 Å². The van der Waals surface area contributed by atoms with Crippen molar-refractivity contribution < 1.29 is 18.0 Å². The van der Waals surface area contributed by atoms with Gasteiger partial charge < -0.3 is 0 Å². The van der Waals surface area contributed by atoms with E-state index in [9.17, 15) is 22.8 Å². The number of aromatic amines is 1. The number of H-pyrrole nitrogens is 1. The molecule has 2 aromatic carbocycles. The molecule has 0 aliphatic carbocycles. The van der Waals surface area contributed by atoms with Crippen LogP contribution in [0.1, 0.15) is 31.4 Å². The molecule has 0 aliphatic heterocycles. The zero-order chi connectivity index (χ0) is 22.8. The van der Waals surface area contributed by atoms with E-state index in [0.29, 0.717) is 23.4 Å². The van der Waals surface area contributed by atoms with Crippen molar-refractivity contribution in [1.29, 1.82) is 0 Å². The highest BCUT2D eigenvalue weighted by Gasteiger charge is 2.30. The molecule has 0 saturated heterocycles. The molecule has 1 N–H and O–H groups in total. The predicted octanol–water partition coefficient (Wildman–Crippen LogP) is 5.33. The first-order chi connectivity index (χ1) is 14.5. The second-order valence-electron chi connectivity index (χ2n) is 7.34. The van der Waals surface area contributed by atoms with E-state index in [2.05, 4.69) is 15.0 Å². The van der Waals surface area contributed by atoms with Gasteiger partial charge in [0.2, 0.25) is 0 Å². The molecule has 0 saturated carbocycles. The van der Waals surface area contributed by atoms with Gasteiger partial charge in [0.05, 0.1) is 10.6 Å². The SMILES string of the molecule is CC(C)C(=O)CCc1ccc(Cl)c(-c2nc(-c3ccc(C(F)(F)F)cc3)nc(=O)[nH]2)c1. The number of ketones is 1. The number of nitrogens with one attached hydrogen (secondary N) is 1. The van der Waals surface area contributed by atoms with E-state index >= 15 is 0 Å². The summed E-state index contributed by atoms with van der Waals surface area (Å²) in [5.74, 6) is 0.189. The number of hydrogen-bond donors (Lipinski definition) is 1. The molecule has 1 heterocycles. The van der Waals surface area contributed by atoms with E-state index in [1.54, 1.807) is 18.2 Å². The third-order valence-electron chi connectivity index (χ3n) is 4.71. The van der Waals surface area contributed by atoms with Crippen molar-refractivity contribution >= 4 is 17.4 Å². The van der Waals surface area contributed by atoms with E-state index in [-0.39, 0.29) is 28.9 Å². The van der Waals surface area contributed by atoms with E-state index in [4.69, 9.17) is 11.6 Å². The van der Waals surface area contributed by atoms with Crippen LogP contribution in [0.4, 0.5) is 13.2 Å². The van der Waals surface area contributed by atoms with Crippen LogP contribution < -0.4 is 5.69 Å². The molecule has 0 amide bonds. The van der Waals surface area contributed by atoms with E-state index in [1.165, 1.54) is 12.1 Å². The summed E-state index contributed by atoms with van der Waals surface area (Å²) in [7, 11) is 0. The van der Waals surface area contributed by atoms with Gasteiger partial charge in [-0.15, -0.1) is 0 Å². The zero-order valence-corrected chi connectivity index (χ0v) is 17.5. The van der Waals surface area contributed by atoms with Crippen LogP contribution >= 0.6 is 11.6 Å². The lowest BCUT2D eigenvalue weighted by atomic mass is 10.00. The summed E-state index contributed by atoms with van der Waals surface area (Å²) in [6.45, 7) is 3.67. The van der Waals surface area contributed by atoms with Crippen LogP contribution in [0.15, 0.2) is 47.3 Å². The number of aryl methyl sites for hydroxylation is 1. The Labute approximate surface area is 181 Å². The van der Waals surface area contributed by atoms with Gasteiger partial charge in [0, 0.05) is 23.5 Å². The minimum Gasteiger partial charge on any atom is -0.299 e. The van der Waals surface area contributed by atoms with Crippen LogP contribution in [0.5, 0.6) is 0 Å². The van der Waals surface area contributed by atoms with E-state index < -0.39 is 17.4 Å². The van der Waals surface area contributed by atoms with Gasteiger partial charge in [-0.25, -0.2) is 9.78 Å². The number of nitrogens with zero attached hydrogens (tertiary/aromatic N) is 2. The fraction of sp³-hybridized carbons (Fsp3) is 0.273. The molecular weight excluding hydrogens is 431 g/mol. The Morgan fingerprint density at radius 3 is 2.39 bits per heavy atom. The van der Waals surface area contributed by atoms with Crippen LogP contribution in [0, 0.1) is 5.92 Å².